The van der Waals surface area contributed by atoms with Crippen molar-refractivity contribution in [1.29, 1.82) is 0 Å². The minimum Gasteiger partial charge on any atom is -0.331 e. The quantitative estimate of drug-likeness (QED) is 0.711. The highest BCUT2D eigenvalue weighted by Gasteiger charge is 2.10. The fraction of sp³-hybridized carbons (Fsp3) is 0.125. The van der Waals surface area contributed by atoms with Gasteiger partial charge in [-0.1, -0.05) is 18.2 Å². The first-order valence-electron chi connectivity index (χ1n) is 6.71. The predicted molar refractivity (Wildman–Crippen MR) is 81.8 cm³/mol. The lowest BCUT2D eigenvalue weighted by Gasteiger charge is -2.15. The zero-order valence-electron chi connectivity index (χ0n) is 11.0. The Kier molecular flexibility index (Phi) is 2.52. The van der Waals surface area contributed by atoms with Gasteiger partial charge in [0.15, 0.2) is 0 Å². The van der Waals surface area contributed by atoms with Crippen molar-refractivity contribution in [2.75, 3.05) is 18.0 Å². The lowest BCUT2D eigenvalue weighted by atomic mass is 10.2. The molecular formula is C16H14N4. The monoisotopic (exact) mass is 262 g/mol. The number of rotatable bonds is 2. The molecule has 2 heterocycles. The maximum Gasteiger partial charge on any atom is 0.100 e. The summed E-state index contributed by atoms with van der Waals surface area (Å²) in [5.74, 6) is 0. The van der Waals surface area contributed by atoms with E-state index >= 15 is 0 Å². The molecule has 20 heavy (non-hydrogen) atoms. The summed E-state index contributed by atoms with van der Waals surface area (Å²) in [7, 11) is 0. The van der Waals surface area contributed by atoms with E-state index in [4.69, 9.17) is 0 Å². The molecule has 0 unspecified atom stereocenters. The van der Waals surface area contributed by atoms with Crippen molar-refractivity contribution in [3.8, 4) is 5.69 Å². The Morgan fingerprint density at radius 1 is 0.950 bits per heavy atom. The first-order chi connectivity index (χ1) is 9.92. The third kappa shape index (κ3) is 1.77. The zero-order chi connectivity index (χ0) is 13.4. The number of nitrogens with zero attached hydrogens (tertiary/aromatic N) is 4. The SMILES string of the molecule is C1=NCCN1c1cccc(-n2cnc3ccccc32)c1. The fourth-order valence-corrected chi connectivity index (χ4v) is 2.56. The number of aromatic nitrogens is 2. The number of fused-ring (bicyclic) bond motifs is 1. The Bertz CT molecular complexity index is 788. The molecule has 0 saturated carbocycles. The van der Waals surface area contributed by atoms with Crippen molar-refractivity contribution in [3.63, 3.8) is 0 Å². The van der Waals surface area contributed by atoms with Gasteiger partial charge in [0.1, 0.15) is 6.33 Å². The molecule has 0 aliphatic carbocycles. The van der Waals surface area contributed by atoms with E-state index in [1.54, 1.807) is 0 Å². The van der Waals surface area contributed by atoms with Crippen molar-refractivity contribution < 1.29 is 0 Å². The number of hydrogen-bond acceptors (Lipinski definition) is 3. The topological polar surface area (TPSA) is 33.4 Å². The molecule has 3 aromatic rings. The molecule has 0 radical (unpaired) electrons. The van der Waals surface area contributed by atoms with Gasteiger partial charge in [-0.3, -0.25) is 9.56 Å². The summed E-state index contributed by atoms with van der Waals surface area (Å²) in [4.78, 5) is 10.9. The van der Waals surface area contributed by atoms with E-state index in [1.807, 2.05) is 30.9 Å². The van der Waals surface area contributed by atoms with Gasteiger partial charge < -0.3 is 4.90 Å². The van der Waals surface area contributed by atoms with Gasteiger partial charge in [-0.2, -0.15) is 0 Å². The van der Waals surface area contributed by atoms with Crippen molar-refractivity contribution in [2.45, 2.75) is 0 Å². The second-order valence-corrected chi connectivity index (χ2v) is 4.84. The van der Waals surface area contributed by atoms with E-state index in [1.165, 1.54) is 5.69 Å². The van der Waals surface area contributed by atoms with E-state index in [2.05, 4.69) is 49.8 Å². The minimum atomic E-state index is 0.873. The summed E-state index contributed by atoms with van der Waals surface area (Å²) in [5.41, 5.74) is 4.43. The van der Waals surface area contributed by atoms with Crippen LogP contribution in [0.5, 0.6) is 0 Å². The maximum atomic E-state index is 4.45. The molecule has 0 atom stereocenters. The molecule has 0 fully saturated rings. The van der Waals surface area contributed by atoms with Crippen molar-refractivity contribution in [3.05, 3.63) is 54.9 Å². The summed E-state index contributed by atoms with van der Waals surface area (Å²) in [6, 6.07) is 16.6. The summed E-state index contributed by atoms with van der Waals surface area (Å²) in [6.45, 7) is 1.83. The molecule has 0 spiro atoms. The minimum absolute atomic E-state index is 0.873. The Labute approximate surface area is 117 Å². The molecule has 1 aliphatic rings. The Balaban J connectivity index is 1.82. The molecule has 4 rings (SSSR count). The van der Waals surface area contributed by atoms with Crippen LogP contribution in [0.3, 0.4) is 0 Å². The molecule has 4 heteroatoms. The molecule has 1 aliphatic heterocycles. The third-order valence-electron chi connectivity index (χ3n) is 3.58. The summed E-state index contributed by atoms with van der Waals surface area (Å²) in [5, 5.41) is 0. The van der Waals surface area contributed by atoms with Gasteiger partial charge >= 0.3 is 0 Å². The van der Waals surface area contributed by atoms with E-state index < -0.39 is 0 Å². The van der Waals surface area contributed by atoms with E-state index in [0.29, 0.717) is 0 Å². The van der Waals surface area contributed by atoms with Gasteiger partial charge in [0, 0.05) is 17.9 Å². The van der Waals surface area contributed by atoms with E-state index in [0.717, 1.165) is 29.8 Å². The second-order valence-electron chi connectivity index (χ2n) is 4.84. The molecule has 98 valence electrons. The zero-order valence-corrected chi connectivity index (χ0v) is 11.0. The molecule has 4 nitrogen and oxygen atoms in total. The largest absolute Gasteiger partial charge is 0.331 e. The lowest BCUT2D eigenvalue weighted by molar-refractivity contribution is 1.02. The average Bonchev–Trinajstić information content (AvgIpc) is 3.17. The van der Waals surface area contributed by atoms with Crippen molar-refractivity contribution >= 4 is 23.1 Å². The van der Waals surface area contributed by atoms with Crippen LogP contribution < -0.4 is 4.90 Å². The second kappa shape index (κ2) is 4.49. The first-order valence-corrected chi connectivity index (χ1v) is 6.71. The predicted octanol–water partition coefficient (Wildman–Crippen LogP) is 2.87. The fourth-order valence-electron chi connectivity index (χ4n) is 2.56. The van der Waals surface area contributed by atoms with Crippen LogP contribution in [0.4, 0.5) is 5.69 Å². The van der Waals surface area contributed by atoms with Crippen LogP contribution in [-0.4, -0.2) is 29.0 Å². The number of benzene rings is 2. The molecular weight excluding hydrogens is 248 g/mol. The standard InChI is InChI=1S/C16H14N4/c1-2-7-16-15(6-1)18-12-20(16)14-5-3-4-13(10-14)19-9-8-17-11-19/h1-7,10-12H,8-9H2. The third-order valence-corrected chi connectivity index (χ3v) is 3.58. The van der Waals surface area contributed by atoms with Crippen LogP contribution in [0.1, 0.15) is 0 Å². The molecule has 2 aromatic carbocycles. The average molecular weight is 262 g/mol. The molecule has 1 aromatic heterocycles. The number of imidazole rings is 1. The van der Waals surface area contributed by atoms with Crippen molar-refractivity contribution in [1.82, 2.24) is 9.55 Å². The Hall–Kier alpha value is -2.62. The number of aliphatic imine (C=N–C) groups is 1. The van der Waals surface area contributed by atoms with Gasteiger partial charge in [0.05, 0.1) is 23.9 Å². The molecule has 0 bridgehead atoms. The molecule has 0 amide bonds. The number of hydrogen-bond donors (Lipinski definition) is 0. The van der Waals surface area contributed by atoms with Gasteiger partial charge in [-0.05, 0) is 30.3 Å². The number of para-hydroxylation sites is 2. The summed E-state index contributed by atoms with van der Waals surface area (Å²) in [6.07, 6.45) is 3.78. The van der Waals surface area contributed by atoms with Gasteiger partial charge in [0.2, 0.25) is 0 Å². The van der Waals surface area contributed by atoms with E-state index in [9.17, 15) is 0 Å². The maximum absolute atomic E-state index is 4.45. The van der Waals surface area contributed by atoms with Crippen LogP contribution in [0, 0.1) is 0 Å². The van der Waals surface area contributed by atoms with Gasteiger partial charge in [0.25, 0.3) is 0 Å². The Morgan fingerprint density at radius 2 is 1.85 bits per heavy atom. The normalized spacial score (nSPS) is 14.3. The first kappa shape index (κ1) is 11.2. The smallest absolute Gasteiger partial charge is 0.100 e. The summed E-state index contributed by atoms with van der Waals surface area (Å²) >= 11 is 0. The van der Waals surface area contributed by atoms with Crippen molar-refractivity contribution in [2.24, 2.45) is 4.99 Å². The number of anilines is 1. The van der Waals surface area contributed by atoms with Crippen LogP contribution in [0.25, 0.3) is 16.7 Å². The highest BCUT2D eigenvalue weighted by molar-refractivity contribution is 5.82. The van der Waals surface area contributed by atoms with Crippen LogP contribution >= 0.6 is 0 Å². The highest BCUT2D eigenvalue weighted by Crippen LogP contribution is 2.22. The van der Waals surface area contributed by atoms with Crippen LogP contribution in [0.15, 0.2) is 59.9 Å². The molecule has 0 saturated heterocycles. The Morgan fingerprint density at radius 3 is 2.75 bits per heavy atom. The van der Waals surface area contributed by atoms with Gasteiger partial charge in [-0.15, -0.1) is 0 Å². The lowest BCUT2D eigenvalue weighted by Crippen LogP contribution is -2.18. The van der Waals surface area contributed by atoms with Crippen LogP contribution in [0.2, 0.25) is 0 Å². The summed E-state index contributed by atoms with van der Waals surface area (Å²) < 4.78 is 2.12. The van der Waals surface area contributed by atoms with Gasteiger partial charge in [-0.25, -0.2) is 4.98 Å². The molecule has 0 N–H and O–H groups in total. The van der Waals surface area contributed by atoms with E-state index in [-0.39, 0.29) is 0 Å². The van der Waals surface area contributed by atoms with Crippen LogP contribution in [-0.2, 0) is 0 Å². The highest BCUT2D eigenvalue weighted by atomic mass is 15.2.